The van der Waals surface area contributed by atoms with Gasteiger partial charge in [0.2, 0.25) is 0 Å². The second-order valence-corrected chi connectivity index (χ2v) is 5.44. The number of carbonyl (C=O) groups is 1. The van der Waals surface area contributed by atoms with Gasteiger partial charge >= 0.3 is 6.61 Å². The molecule has 0 fully saturated rings. The van der Waals surface area contributed by atoms with E-state index >= 15 is 0 Å². The molecule has 0 aliphatic heterocycles. The number of amides is 1. The maximum Gasteiger partial charge on any atom is 0.387 e. The zero-order valence-electron chi connectivity index (χ0n) is 13.2. The average Bonchev–Trinajstić information content (AvgIpc) is 2.55. The molecule has 0 saturated carbocycles. The van der Waals surface area contributed by atoms with Gasteiger partial charge < -0.3 is 15.2 Å². The predicted molar refractivity (Wildman–Crippen MR) is 86.0 cm³/mol. The molecular weight excluding hydrogens is 316 g/mol. The largest absolute Gasteiger partial charge is 0.435 e. The summed E-state index contributed by atoms with van der Waals surface area (Å²) in [5.41, 5.74) is 0.986. The number of halogens is 2. The smallest absolute Gasteiger partial charge is 0.387 e. The molecule has 2 aromatic carbocycles. The second kappa shape index (κ2) is 8.40. The molecule has 2 rings (SSSR count). The van der Waals surface area contributed by atoms with Crippen molar-refractivity contribution < 1.29 is 23.4 Å². The number of aliphatic hydroxyl groups is 1. The fourth-order valence-corrected chi connectivity index (χ4v) is 2.33. The monoisotopic (exact) mass is 335 g/mol. The van der Waals surface area contributed by atoms with Gasteiger partial charge in [-0.25, -0.2) is 0 Å². The van der Waals surface area contributed by atoms with Crippen LogP contribution >= 0.6 is 0 Å². The lowest BCUT2D eigenvalue weighted by atomic mass is 10.0. The highest BCUT2D eigenvalue weighted by atomic mass is 19.3. The van der Waals surface area contributed by atoms with Gasteiger partial charge in [0.05, 0.1) is 6.10 Å². The van der Waals surface area contributed by atoms with E-state index in [0.717, 1.165) is 5.56 Å². The molecule has 0 aromatic heterocycles. The standard InChI is InChI=1S/C18H19F2NO3/c1-12(10-16(22)13-6-3-2-4-7-13)21-17(23)14-8-5-9-15(11-14)24-18(19)20/h2-9,11-12,16,18,22H,10H2,1H3,(H,21,23). The summed E-state index contributed by atoms with van der Waals surface area (Å²) in [5.74, 6) is -0.489. The highest BCUT2D eigenvalue weighted by Crippen LogP contribution is 2.19. The third-order valence-electron chi connectivity index (χ3n) is 3.46. The van der Waals surface area contributed by atoms with Crippen LogP contribution < -0.4 is 10.1 Å². The molecule has 0 aliphatic carbocycles. The zero-order valence-corrected chi connectivity index (χ0v) is 13.2. The van der Waals surface area contributed by atoms with Gasteiger partial charge in [0.15, 0.2) is 0 Å². The average molecular weight is 335 g/mol. The lowest BCUT2D eigenvalue weighted by molar-refractivity contribution is -0.0498. The Balaban J connectivity index is 1.94. The second-order valence-electron chi connectivity index (χ2n) is 5.44. The minimum absolute atomic E-state index is 0.0744. The molecular formula is C18H19F2NO3. The fraction of sp³-hybridized carbons (Fsp3) is 0.278. The van der Waals surface area contributed by atoms with Gasteiger partial charge in [0, 0.05) is 11.6 Å². The van der Waals surface area contributed by atoms with E-state index in [1.807, 2.05) is 30.3 Å². The van der Waals surface area contributed by atoms with Crippen molar-refractivity contribution in [2.75, 3.05) is 0 Å². The first kappa shape index (κ1) is 17.9. The van der Waals surface area contributed by atoms with E-state index < -0.39 is 18.6 Å². The van der Waals surface area contributed by atoms with Crippen LogP contribution in [0, 0.1) is 0 Å². The Kier molecular flexibility index (Phi) is 6.26. The van der Waals surface area contributed by atoms with E-state index in [1.54, 1.807) is 6.92 Å². The van der Waals surface area contributed by atoms with E-state index in [2.05, 4.69) is 10.1 Å². The van der Waals surface area contributed by atoms with Crippen LogP contribution in [0.4, 0.5) is 8.78 Å². The van der Waals surface area contributed by atoms with Crippen molar-refractivity contribution in [1.29, 1.82) is 0 Å². The van der Waals surface area contributed by atoms with Crippen molar-refractivity contribution in [2.45, 2.75) is 32.1 Å². The number of carbonyl (C=O) groups excluding carboxylic acids is 1. The molecule has 2 aromatic rings. The third kappa shape index (κ3) is 5.31. The number of aliphatic hydroxyl groups excluding tert-OH is 1. The molecule has 2 N–H and O–H groups in total. The van der Waals surface area contributed by atoms with Crippen LogP contribution in [0.5, 0.6) is 5.75 Å². The van der Waals surface area contributed by atoms with Crippen LogP contribution in [0.1, 0.15) is 35.4 Å². The van der Waals surface area contributed by atoms with E-state index in [9.17, 15) is 18.7 Å². The summed E-state index contributed by atoms with van der Waals surface area (Å²) in [6, 6.07) is 14.4. The number of rotatable bonds is 7. The molecule has 1 amide bonds. The number of benzene rings is 2. The molecule has 2 atom stereocenters. The topological polar surface area (TPSA) is 58.6 Å². The summed E-state index contributed by atoms with van der Waals surface area (Å²) in [4.78, 5) is 12.2. The summed E-state index contributed by atoms with van der Waals surface area (Å²) in [6.07, 6.45) is -0.363. The van der Waals surface area contributed by atoms with Crippen LogP contribution in [0.15, 0.2) is 54.6 Å². The van der Waals surface area contributed by atoms with Gasteiger partial charge in [0.1, 0.15) is 5.75 Å². The van der Waals surface area contributed by atoms with Crippen molar-refractivity contribution in [2.24, 2.45) is 0 Å². The number of alkyl halides is 2. The van der Waals surface area contributed by atoms with Gasteiger partial charge in [-0.05, 0) is 37.1 Å². The number of ether oxygens (including phenoxy) is 1. The Bertz CT molecular complexity index is 664. The van der Waals surface area contributed by atoms with Crippen molar-refractivity contribution in [1.82, 2.24) is 5.32 Å². The Morgan fingerprint density at radius 3 is 2.54 bits per heavy atom. The van der Waals surface area contributed by atoms with Crippen molar-refractivity contribution in [3.05, 3.63) is 65.7 Å². The molecule has 0 heterocycles. The lowest BCUT2D eigenvalue weighted by Crippen LogP contribution is -2.33. The summed E-state index contributed by atoms with van der Waals surface area (Å²) in [6.45, 7) is -1.17. The fourth-order valence-electron chi connectivity index (χ4n) is 2.33. The lowest BCUT2D eigenvalue weighted by Gasteiger charge is -2.18. The zero-order chi connectivity index (χ0) is 17.5. The van der Waals surface area contributed by atoms with Crippen molar-refractivity contribution in [3.8, 4) is 5.75 Å². The maximum absolute atomic E-state index is 12.2. The number of hydrogen-bond acceptors (Lipinski definition) is 3. The first-order valence-corrected chi connectivity index (χ1v) is 7.54. The van der Waals surface area contributed by atoms with Crippen LogP contribution in [-0.2, 0) is 0 Å². The summed E-state index contributed by atoms with van der Waals surface area (Å²) >= 11 is 0. The Labute approximate surface area is 139 Å². The SMILES string of the molecule is CC(CC(O)c1ccccc1)NC(=O)c1cccc(OC(F)F)c1. The predicted octanol–water partition coefficient (Wildman–Crippen LogP) is 3.53. The van der Waals surface area contributed by atoms with Crippen LogP contribution in [0.25, 0.3) is 0 Å². The summed E-state index contributed by atoms with van der Waals surface area (Å²) < 4.78 is 28.7. The van der Waals surface area contributed by atoms with Gasteiger partial charge in [-0.1, -0.05) is 36.4 Å². The molecule has 6 heteroatoms. The number of nitrogens with one attached hydrogen (secondary N) is 1. The highest BCUT2D eigenvalue weighted by Gasteiger charge is 2.16. The minimum atomic E-state index is -2.94. The van der Waals surface area contributed by atoms with E-state index in [-0.39, 0.29) is 17.4 Å². The molecule has 0 aliphatic rings. The normalized spacial score (nSPS) is 13.4. The molecule has 4 nitrogen and oxygen atoms in total. The molecule has 2 unspecified atom stereocenters. The van der Waals surface area contributed by atoms with Crippen LogP contribution in [-0.4, -0.2) is 23.7 Å². The summed E-state index contributed by atoms with van der Waals surface area (Å²) in [5, 5.41) is 12.9. The summed E-state index contributed by atoms with van der Waals surface area (Å²) in [7, 11) is 0. The van der Waals surface area contributed by atoms with Gasteiger partial charge in [-0.2, -0.15) is 8.78 Å². The van der Waals surface area contributed by atoms with Crippen molar-refractivity contribution in [3.63, 3.8) is 0 Å². The van der Waals surface area contributed by atoms with E-state index in [4.69, 9.17) is 0 Å². The quantitative estimate of drug-likeness (QED) is 0.814. The van der Waals surface area contributed by atoms with E-state index in [1.165, 1.54) is 24.3 Å². The van der Waals surface area contributed by atoms with Crippen molar-refractivity contribution >= 4 is 5.91 Å². The molecule has 0 bridgehead atoms. The van der Waals surface area contributed by atoms with Crippen LogP contribution in [0.2, 0.25) is 0 Å². The maximum atomic E-state index is 12.2. The molecule has 128 valence electrons. The molecule has 0 spiro atoms. The molecule has 24 heavy (non-hydrogen) atoms. The molecule has 0 saturated heterocycles. The first-order valence-electron chi connectivity index (χ1n) is 7.54. The Morgan fingerprint density at radius 1 is 1.17 bits per heavy atom. The van der Waals surface area contributed by atoms with E-state index in [0.29, 0.717) is 6.42 Å². The minimum Gasteiger partial charge on any atom is -0.435 e. The first-order chi connectivity index (χ1) is 11.5. The van der Waals surface area contributed by atoms with Gasteiger partial charge in [0.25, 0.3) is 5.91 Å². The van der Waals surface area contributed by atoms with Gasteiger partial charge in [-0.3, -0.25) is 4.79 Å². The number of hydrogen-bond donors (Lipinski definition) is 2. The Morgan fingerprint density at radius 2 is 1.88 bits per heavy atom. The molecule has 0 radical (unpaired) electrons. The highest BCUT2D eigenvalue weighted by molar-refractivity contribution is 5.94. The Hall–Kier alpha value is -2.47. The van der Waals surface area contributed by atoms with Gasteiger partial charge in [-0.15, -0.1) is 0 Å². The van der Waals surface area contributed by atoms with Crippen LogP contribution in [0.3, 0.4) is 0 Å². The third-order valence-corrected chi connectivity index (χ3v) is 3.46.